The van der Waals surface area contributed by atoms with Crippen LogP contribution in [-0.4, -0.2) is 69.8 Å². The zero-order chi connectivity index (χ0) is 32.6. The van der Waals surface area contributed by atoms with Crippen molar-refractivity contribution in [2.24, 2.45) is 5.41 Å². The van der Waals surface area contributed by atoms with E-state index in [9.17, 15) is 23.1 Å². The van der Waals surface area contributed by atoms with Crippen LogP contribution in [-0.2, 0) is 4.79 Å². The molecule has 2 aromatic carbocycles. The predicted octanol–water partition coefficient (Wildman–Crippen LogP) is 4.94. The number of methoxy groups -OCH3 is 1. The summed E-state index contributed by atoms with van der Waals surface area (Å²) < 4.78 is 56.7. The lowest BCUT2D eigenvalue weighted by molar-refractivity contribution is -0.198. The summed E-state index contributed by atoms with van der Waals surface area (Å²) in [5.74, 6) is -0.411. The van der Waals surface area contributed by atoms with E-state index in [0.717, 1.165) is 5.56 Å². The molecule has 242 valence electrons. The van der Waals surface area contributed by atoms with Gasteiger partial charge >= 0.3 is 12.1 Å². The largest absolute Gasteiger partial charge is 0.497 e. The minimum absolute atomic E-state index is 0.155. The number of ether oxygens (including phenoxy) is 2. The number of nitrogens with zero attached hydrogens (tertiary/aromatic N) is 5. The van der Waals surface area contributed by atoms with Gasteiger partial charge in [0.05, 0.1) is 18.5 Å². The van der Waals surface area contributed by atoms with Crippen LogP contribution >= 0.6 is 0 Å². The van der Waals surface area contributed by atoms with Gasteiger partial charge in [-0.1, -0.05) is 24.3 Å². The predicted molar refractivity (Wildman–Crippen MR) is 164 cm³/mol. The second-order valence-electron chi connectivity index (χ2n) is 11.8. The van der Waals surface area contributed by atoms with Gasteiger partial charge in [-0.3, -0.25) is 4.79 Å². The first kappa shape index (κ1) is 31.1. The molecule has 0 amide bonds. The molecule has 0 bridgehead atoms. The molecule has 2 aromatic heterocycles. The lowest BCUT2D eigenvalue weighted by Crippen LogP contribution is -2.41. The Morgan fingerprint density at radius 2 is 1.80 bits per heavy atom. The van der Waals surface area contributed by atoms with Crippen LogP contribution in [0.2, 0.25) is 0 Å². The van der Waals surface area contributed by atoms with E-state index in [0.29, 0.717) is 61.7 Å². The van der Waals surface area contributed by atoms with Crippen LogP contribution in [0.5, 0.6) is 11.6 Å². The first-order chi connectivity index (χ1) is 21.9. The Balaban J connectivity index is 1.30. The molecule has 4 N–H and O–H groups in total. The van der Waals surface area contributed by atoms with Crippen LogP contribution in [0.3, 0.4) is 0 Å². The average molecular weight is 638 g/mol. The van der Waals surface area contributed by atoms with E-state index in [2.05, 4.69) is 20.4 Å². The van der Waals surface area contributed by atoms with Crippen LogP contribution in [0.4, 0.5) is 24.9 Å². The average Bonchev–Trinajstić information content (AvgIpc) is 3.66. The number of rotatable bonds is 8. The van der Waals surface area contributed by atoms with E-state index >= 15 is 0 Å². The Labute approximate surface area is 263 Å². The molecule has 14 heteroatoms. The topological polar surface area (TPSA) is 141 Å². The third-order valence-electron chi connectivity index (χ3n) is 8.75. The Hall–Kier alpha value is -4.85. The SMILES string of the molecule is COc1ccc(-c2ccc([C@@H](Oc3cc(N4CCC5(CC4)CNC(C(=O)O)C5)nc(N)n3)C(F)(F)F)c(-n3ccc(C)n3)c2)cc1. The minimum atomic E-state index is -4.83. The van der Waals surface area contributed by atoms with Crippen molar-refractivity contribution in [3.63, 3.8) is 0 Å². The van der Waals surface area contributed by atoms with Crippen molar-refractivity contribution in [2.45, 2.75) is 44.5 Å². The Morgan fingerprint density at radius 3 is 2.41 bits per heavy atom. The number of anilines is 2. The van der Waals surface area contributed by atoms with Crippen molar-refractivity contribution in [3.8, 4) is 28.4 Å². The van der Waals surface area contributed by atoms with Crippen LogP contribution in [0.25, 0.3) is 16.8 Å². The molecule has 2 saturated heterocycles. The van der Waals surface area contributed by atoms with Gasteiger partial charge in [-0.2, -0.15) is 28.2 Å². The number of piperidine rings is 1. The number of alkyl halides is 3. The normalized spacial score (nSPS) is 18.5. The quantitative estimate of drug-likeness (QED) is 0.243. The van der Waals surface area contributed by atoms with Crippen molar-refractivity contribution in [3.05, 3.63) is 72.1 Å². The molecule has 2 fully saturated rings. The number of halogens is 3. The second kappa shape index (κ2) is 12.2. The number of carboxylic acid groups (broad SMARTS) is 1. The Bertz CT molecular complexity index is 1720. The number of aliphatic carboxylic acids is 1. The number of nitrogen functional groups attached to an aromatic ring is 1. The molecule has 0 saturated carbocycles. The molecule has 2 aliphatic heterocycles. The fraction of sp³-hybridized carbons (Fsp3) is 0.375. The molecule has 0 radical (unpaired) electrons. The third-order valence-corrected chi connectivity index (χ3v) is 8.75. The number of hydrogen-bond donors (Lipinski definition) is 3. The van der Waals surface area contributed by atoms with Crippen molar-refractivity contribution in [2.75, 3.05) is 37.4 Å². The van der Waals surface area contributed by atoms with Gasteiger partial charge in [0.1, 0.15) is 17.6 Å². The van der Waals surface area contributed by atoms with E-state index in [4.69, 9.17) is 15.2 Å². The van der Waals surface area contributed by atoms with Gasteiger partial charge in [-0.05, 0) is 67.0 Å². The maximum absolute atomic E-state index is 14.8. The number of aryl methyl sites for hydroxylation is 1. The summed E-state index contributed by atoms with van der Waals surface area (Å²) in [5, 5.41) is 16.9. The van der Waals surface area contributed by atoms with E-state index in [1.54, 1.807) is 50.6 Å². The molecule has 46 heavy (non-hydrogen) atoms. The summed E-state index contributed by atoms with van der Waals surface area (Å²) in [6.45, 7) is 3.41. The van der Waals surface area contributed by atoms with Crippen LogP contribution < -0.4 is 25.4 Å². The third kappa shape index (κ3) is 6.43. The Kier molecular flexibility index (Phi) is 8.23. The fourth-order valence-electron chi connectivity index (χ4n) is 6.24. The molecular weight excluding hydrogens is 603 g/mol. The first-order valence-electron chi connectivity index (χ1n) is 14.8. The molecular formula is C32H34F3N7O4. The van der Waals surface area contributed by atoms with Gasteiger partial charge in [-0.15, -0.1) is 0 Å². The lowest BCUT2D eigenvalue weighted by Gasteiger charge is -2.39. The van der Waals surface area contributed by atoms with Gasteiger partial charge in [-0.25, -0.2) is 4.68 Å². The molecule has 11 nitrogen and oxygen atoms in total. The number of nitrogens with two attached hydrogens (primary N) is 1. The molecule has 6 rings (SSSR count). The molecule has 2 aliphatic rings. The van der Waals surface area contributed by atoms with E-state index in [1.807, 2.05) is 17.0 Å². The maximum Gasteiger partial charge on any atom is 0.429 e. The molecule has 2 atom stereocenters. The van der Waals surface area contributed by atoms with Gasteiger partial charge in [0.2, 0.25) is 17.9 Å². The number of carboxylic acids is 1. The smallest absolute Gasteiger partial charge is 0.429 e. The van der Waals surface area contributed by atoms with Crippen LogP contribution in [0, 0.1) is 12.3 Å². The van der Waals surface area contributed by atoms with Gasteiger partial charge < -0.3 is 30.5 Å². The summed E-state index contributed by atoms with van der Waals surface area (Å²) in [4.78, 5) is 21.6. The van der Waals surface area contributed by atoms with E-state index in [1.165, 1.54) is 16.8 Å². The van der Waals surface area contributed by atoms with Crippen LogP contribution in [0.1, 0.15) is 36.6 Å². The van der Waals surface area contributed by atoms with Crippen molar-refractivity contribution in [1.29, 1.82) is 0 Å². The highest BCUT2D eigenvalue weighted by atomic mass is 19.4. The first-order valence-corrected chi connectivity index (χ1v) is 14.8. The minimum Gasteiger partial charge on any atom is -0.497 e. The van der Waals surface area contributed by atoms with E-state index in [-0.39, 0.29) is 28.5 Å². The summed E-state index contributed by atoms with van der Waals surface area (Å²) in [6.07, 6.45) is -3.71. The van der Waals surface area contributed by atoms with Crippen molar-refractivity contribution in [1.82, 2.24) is 25.1 Å². The molecule has 1 spiro atoms. The van der Waals surface area contributed by atoms with Crippen molar-refractivity contribution < 1.29 is 32.5 Å². The summed E-state index contributed by atoms with van der Waals surface area (Å²) in [7, 11) is 1.56. The standard InChI is InChI=1S/C32H34F3N7O4/c1-19-9-12-42(40-19)25-15-21(20-3-6-22(45-2)7-4-20)5-8-23(25)28(32(33,34)35)46-27-16-26(38-30(36)39-27)41-13-10-31(11-14-41)17-24(29(43)44)37-18-31/h3-9,12,15-16,24,28,37H,10-11,13-14,17-18H2,1-2H3,(H,43,44)(H2,36,38,39)/t24?,28-/m1/s1. The molecule has 0 aliphatic carbocycles. The number of aromatic nitrogens is 4. The van der Waals surface area contributed by atoms with Gasteiger partial charge in [0.25, 0.3) is 0 Å². The summed E-state index contributed by atoms with van der Waals surface area (Å²) in [6, 6.07) is 14.3. The highest BCUT2D eigenvalue weighted by molar-refractivity contribution is 5.74. The number of hydrogen-bond acceptors (Lipinski definition) is 9. The van der Waals surface area contributed by atoms with Gasteiger partial charge in [0, 0.05) is 37.5 Å². The molecule has 4 heterocycles. The highest BCUT2D eigenvalue weighted by Gasteiger charge is 2.46. The summed E-state index contributed by atoms with van der Waals surface area (Å²) in [5.41, 5.74) is 7.95. The lowest BCUT2D eigenvalue weighted by atomic mass is 9.76. The van der Waals surface area contributed by atoms with Crippen LogP contribution in [0.15, 0.2) is 60.8 Å². The maximum atomic E-state index is 14.8. The van der Waals surface area contributed by atoms with Gasteiger partial charge in [0.15, 0.2) is 0 Å². The zero-order valence-corrected chi connectivity index (χ0v) is 25.3. The summed E-state index contributed by atoms with van der Waals surface area (Å²) >= 11 is 0. The number of benzene rings is 2. The molecule has 4 aromatic rings. The molecule has 1 unspecified atom stereocenters. The number of carbonyl (C=O) groups is 1. The highest BCUT2D eigenvalue weighted by Crippen LogP contribution is 2.43. The monoisotopic (exact) mass is 637 g/mol. The fourth-order valence-corrected chi connectivity index (χ4v) is 6.24. The van der Waals surface area contributed by atoms with Crippen molar-refractivity contribution >= 4 is 17.7 Å². The van der Waals surface area contributed by atoms with E-state index < -0.39 is 24.3 Å². The second-order valence-corrected chi connectivity index (χ2v) is 11.8. The Morgan fingerprint density at radius 1 is 1.09 bits per heavy atom. The number of nitrogens with one attached hydrogen (secondary N) is 1. The zero-order valence-electron chi connectivity index (χ0n) is 25.3.